The van der Waals surface area contributed by atoms with E-state index in [4.69, 9.17) is 4.74 Å². The fraction of sp³-hybridized carbons (Fsp3) is 0.192. The summed E-state index contributed by atoms with van der Waals surface area (Å²) in [6, 6.07) is 19.6. The summed E-state index contributed by atoms with van der Waals surface area (Å²) in [4.78, 5) is 38.9. The molecular formula is C26H25N3O4. The molecule has 0 aromatic heterocycles. The monoisotopic (exact) mass is 443 g/mol. The van der Waals surface area contributed by atoms with Crippen molar-refractivity contribution in [1.82, 2.24) is 5.32 Å². The van der Waals surface area contributed by atoms with E-state index < -0.39 is 12.0 Å². The SMILES string of the molecule is COC(=O)c1cccc(NC(=O)NCc2ccc3c(c2)N(C(=O)c2cccc(C)c2)CC3)c1. The molecule has 0 radical (unpaired) electrons. The minimum atomic E-state index is -0.470. The molecule has 0 saturated heterocycles. The number of fused-ring (bicyclic) bond motifs is 1. The zero-order valence-corrected chi connectivity index (χ0v) is 18.6. The van der Waals surface area contributed by atoms with Gasteiger partial charge in [-0.25, -0.2) is 9.59 Å². The number of carbonyl (C=O) groups is 3. The predicted octanol–water partition coefficient (Wildman–Crippen LogP) is 4.31. The maximum atomic E-state index is 13.1. The van der Waals surface area contributed by atoms with Crippen LogP contribution >= 0.6 is 0 Å². The Morgan fingerprint density at radius 2 is 1.76 bits per heavy atom. The van der Waals surface area contributed by atoms with Gasteiger partial charge in [-0.15, -0.1) is 0 Å². The molecule has 2 N–H and O–H groups in total. The highest BCUT2D eigenvalue weighted by Crippen LogP contribution is 2.30. The maximum absolute atomic E-state index is 13.1. The number of carbonyl (C=O) groups excluding carboxylic acids is 3. The standard InChI is InChI=1S/C26H25N3O4/c1-17-5-3-6-20(13-17)24(30)29-12-11-19-10-9-18(14-23(19)29)16-27-26(32)28-22-8-4-7-21(15-22)25(31)33-2/h3-10,13-15H,11-12,16H2,1-2H3,(H2,27,28,32). The fourth-order valence-corrected chi connectivity index (χ4v) is 3.88. The molecule has 1 heterocycles. The van der Waals surface area contributed by atoms with E-state index in [-0.39, 0.29) is 5.91 Å². The van der Waals surface area contributed by atoms with Crippen molar-refractivity contribution in [2.45, 2.75) is 19.9 Å². The number of ether oxygens (including phenoxy) is 1. The summed E-state index contributed by atoms with van der Waals surface area (Å²) in [6.07, 6.45) is 0.803. The van der Waals surface area contributed by atoms with Crippen LogP contribution in [0.2, 0.25) is 0 Å². The minimum absolute atomic E-state index is 0.0224. The highest BCUT2D eigenvalue weighted by atomic mass is 16.5. The van der Waals surface area contributed by atoms with Crippen LogP contribution < -0.4 is 15.5 Å². The van der Waals surface area contributed by atoms with Crippen molar-refractivity contribution in [2.24, 2.45) is 0 Å². The van der Waals surface area contributed by atoms with Gasteiger partial charge in [-0.3, -0.25) is 4.79 Å². The van der Waals surface area contributed by atoms with Gasteiger partial charge in [0.2, 0.25) is 0 Å². The van der Waals surface area contributed by atoms with E-state index in [2.05, 4.69) is 10.6 Å². The van der Waals surface area contributed by atoms with Crippen molar-refractivity contribution in [3.63, 3.8) is 0 Å². The number of nitrogens with zero attached hydrogens (tertiary/aromatic N) is 1. The van der Waals surface area contributed by atoms with E-state index in [1.54, 1.807) is 29.2 Å². The van der Waals surface area contributed by atoms with Crippen LogP contribution in [0.15, 0.2) is 66.7 Å². The Hall–Kier alpha value is -4.13. The molecule has 0 fully saturated rings. The number of amides is 3. The molecule has 7 nitrogen and oxygen atoms in total. The molecule has 33 heavy (non-hydrogen) atoms. The molecule has 1 aliphatic rings. The Kier molecular flexibility index (Phi) is 6.40. The first-order chi connectivity index (χ1) is 15.9. The number of nitrogens with one attached hydrogen (secondary N) is 2. The molecule has 0 unspecified atom stereocenters. The molecule has 168 valence electrons. The Labute approximate surface area is 192 Å². The van der Waals surface area contributed by atoms with Gasteiger partial charge in [0.15, 0.2) is 0 Å². The molecule has 0 aliphatic carbocycles. The Morgan fingerprint density at radius 3 is 2.55 bits per heavy atom. The largest absolute Gasteiger partial charge is 0.465 e. The summed E-state index contributed by atoms with van der Waals surface area (Å²) < 4.78 is 4.70. The van der Waals surface area contributed by atoms with E-state index >= 15 is 0 Å². The smallest absolute Gasteiger partial charge is 0.337 e. The molecule has 3 aromatic carbocycles. The van der Waals surface area contributed by atoms with Crippen molar-refractivity contribution in [2.75, 3.05) is 23.9 Å². The molecule has 4 rings (SSSR count). The van der Waals surface area contributed by atoms with Crippen molar-refractivity contribution in [1.29, 1.82) is 0 Å². The average molecular weight is 444 g/mol. The third-order valence-corrected chi connectivity index (χ3v) is 5.55. The summed E-state index contributed by atoms with van der Waals surface area (Å²) in [5.41, 5.74) is 5.43. The van der Waals surface area contributed by atoms with Gasteiger partial charge in [0.25, 0.3) is 5.91 Å². The molecule has 0 spiro atoms. The van der Waals surface area contributed by atoms with Gasteiger partial charge in [0.05, 0.1) is 12.7 Å². The van der Waals surface area contributed by atoms with Crippen LogP contribution in [-0.4, -0.2) is 31.6 Å². The summed E-state index contributed by atoms with van der Waals surface area (Å²) >= 11 is 0. The Balaban J connectivity index is 1.41. The molecular weight excluding hydrogens is 418 g/mol. The number of hydrogen-bond acceptors (Lipinski definition) is 4. The van der Waals surface area contributed by atoms with E-state index in [0.29, 0.717) is 29.9 Å². The molecule has 1 aliphatic heterocycles. The lowest BCUT2D eigenvalue weighted by atomic mass is 10.1. The summed E-state index contributed by atoms with van der Waals surface area (Å²) in [6.45, 7) is 2.90. The molecule has 3 amide bonds. The highest BCUT2D eigenvalue weighted by molar-refractivity contribution is 6.07. The minimum Gasteiger partial charge on any atom is -0.465 e. The van der Waals surface area contributed by atoms with Crippen LogP contribution in [0.5, 0.6) is 0 Å². The maximum Gasteiger partial charge on any atom is 0.337 e. The van der Waals surface area contributed by atoms with Crippen molar-refractivity contribution in [3.8, 4) is 0 Å². The normalized spacial score (nSPS) is 12.1. The van der Waals surface area contributed by atoms with E-state index in [0.717, 1.165) is 28.8 Å². The molecule has 0 bridgehead atoms. The number of rotatable bonds is 5. The lowest BCUT2D eigenvalue weighted by Gasteiger charge is -2.18. The number of methoxy groups -OCH3 is 1. The van der Waals surface area contributed by atoms with Crippen LogP contribution in [0.4, 0.5) is 16.2 Å². The quantitative estimate of drug-likeness (QED) is 0.576. The van der Waals surface area contributed by atoms with Crippen LogP contribution in [0, 0.1) is 6.92 Å². The van der Waals surface area contributed by atoms with Gasteiger partial charge >= 0.3 is 12.0 Å². The number of urea groups is 1. The summed E-state index contributed by atoms with van der Waals surface area (Å²) in [5.74, 6) is -0.493. The van der Waals surface area contributed by atoms with Crippen LogP contribution in [0.3, 0.4) is 0 Å². The summed E-state index contributed by atoms with van der Waals surface area (Å²) in [5, 5.41) is 5.53. The number of hydrogen-bond donors (Lipinski definition) is 2. The van der Waals surface area contributed by atoms with Gasteiger partial charge in [-0.05, 0) is 60.9 Å². The lowest BCUT2D eigenvalue weighted by molar-refractivity contribution is 0.0600. The van der Waals surface area contributed by atoms with E-state index in [1.807, 2.05) is 49.4 Å². The molecule has 0 atom stereocenters. The van der Waals surface area contributed by atoms with Crippen LogP contribution in [0.1, 0.15) is 37.4 Å². The van der Waals surface area contributed by atoms with Gasteiger partial charge in [-0.2, -0.15) is 0 Å². The third-order valence-electron chi connectivity index (χ3n) is 5.55. The first-order valence-corrected chi connectivity index (χ1v) is 10.7. The molecule has 0 saturated carbocycles. The zero-order valence-electron chi connectivity index (χ0n) is 18.6. The van der Waals surface area contributed by atoms with E-state index in [1.165, 1.54) is 7.11 Å². The van der Waals surface area contributed by atoms with Crippen LogP contribution in [-0.2, 0) is 17.7 Å². The van der Waals surface area contributed by atoms with Crippen molar-refractivity contribution >= 4 is 29.3 Å². The second-order valence-electron chi connectivity index (χ2n) is 7.92. The third kappa shape index (κ3) is 5.03. The second kappa shape index (κ2) is 9.56. The van der Waals surface area contributed by atoms with E-state index in [9.17, 15) is 14.4 Å². The zero-order chi connectivity index (χ0) is 23.4. The number of anilines is 2. The molecule has 3 aromatic rings. The number of aryl methyl sites for hydroxylation is 1. The number of esters is 1. The lowest BCUT2D eigenvalue weighted by Crippen LogP contribution is -2.29. The first-order valence-electron chi connectivity index (χ1n) is 10.7. The number of benzene rings is 3. The van der Waals surface area contributed by atoms with Crippen molar-refractivity contribution in [3.05, 3.63) is 94.5 Å². The topological polar surface area (TPSA) is 87.7 Å². The molecule has 7 heteroatoms. The Bertz CT molecular complexity index is 1220. The predicted molar refractivity (Wildman–Crippen MR) is 127 cm³/mol. The van der Waals surface area contributed by atoms with Crippen molar-refractivity contribution < 1.29 is 19.1 Å². The van der Waals surface area contributed by atoms with Gasteiger partial charge in [0, 0.05) is 30.0 Å². The fourth-order valence-electron chi connectivity index (χ4n) is 3.88. The second-order valence-corrected chi connectivity index (χ2v) is 7.92. The van der Waals surface area contributed by atoms with Gasteiger partial charge < -0.3 is 20.3 Å². The van der Waals surface area contributed by atoms with Crippen LogP contribution in [0.25, 0.3) is 0 Å². The van der Waals surface area contributed by atoms with Gasteiger partial charge in [0.1, 0.15) is 0 Å². The summed E-state index contributed by atoms with van der Waals surface area (Å²) in [7, 11) is 1.31. The average Bonchev–Trinajstić information content (AvgIpc) is 3.25. The van der Waals surface area contributed by atoms with Gasteiger partial charge in [-0.1, -0.05) is 35.9 Å². The Morgan fingerprint density at radius 1 is 0.970 bits per heavy atom. The first kappa shape index (κ1) is 22.1. The highest BCUT2D eigenvalue weighted by Gasteiger charge is 2.26.